The zero-order chi connectivity index (χ0) is 22.0. The first-order chi connectivity index (χ1) is 14.9. The fourth-order valence-electron chi connectivity index (χ4n) is 4.22. The van der Waals surface area contributed by atoms with Crippen molar-refractivity contribution >= 4 is 29.0 Å². The number of aromatic nitrogens is 4. The molecule has 1 N–H and O–H groups in total. The van der Waals surface area contributed by atoms with E-state index >= 15 is 0 Å². The number of nitrogens with one attached hydrogen (secondary N) is 1. The first-order valence-corrected chi connectivity index (χ1v) is 11.3. The Kier molecular flexibility index (Phi) is 6.41. The zero-order valence-electron chi connectivity index (χ0n) is 18.3. The predicted molar refractivity (Wildman–Crippen MR) is 123 cm³/mol. The lowest BCUT2D eigenvalue weighted by atomic mass is 9.95. The highest BCUT2D eigenvalue weighted by Gasteiger charge is 2.27. The Hall–Kier alpha value is -2.67. The number of hydrogen-bond acceptors (Lipinski definition) is 5. The number of carbonyl (C=O) groups is 1. The summed E-state index contributed by atoms with van der Waals surface area (Å²) in [4.78, 5) is 14.9. The van der Waals surface area contributed by atoms with Crippen LogP contribution < -0.4 is 10.2 Å². The number of benzene rings is 1. The highest BCUT2D eigenvalue weighted by molar-refractivity contribution is 6.30. The summed E-state index contributed by atoms with van der Waals surface area (Å²) in [6, 6.07) is 11.6. The summed E-state index contributed by atoms with van der Waals surface area (Å²) >= 11 is 6.01. The van der Waals surface area contributed by atoms with E-state index in [0.717, 1.165) is 43.7 Å². The van der Waals surface area contributed by atoms with Gasteiger partial charge in [0.15, 0.2) is 11.5 Å². The van der Waals surface area contributed by atoms with Crippen molar-refractivity contribution in [1.29, 1.82) is 0 Å². The van der Waals surface area contributed by atoms with E-state index in [9.17, 15) is 4.79 Å². The molecule has 0 spiro atoms. The highest BCUT2D eigenvalue weighted by atomic mass is 35.5. The molecule has 4 rings (SSSR count). The fraction of sp³-hybridized carbons (Fsp3) is 0.478. The van der Waals surface area contributed by atoms with E-state index in [1.165, 1.54) is 0 Å². The predicted octanol–water partition coefficient (Wildman–Crippen LogP) is 4.21. The van der Waals surface area contributed by atoms with E-state index in [0.29, 0.717) is 22.4 Å². The zero-order valence-corrected chi connectivity index (χ0v) is 19.0. The molecule has 1 aliphatic heterocycles. The number of fused-ring (bicyclic) bond motifs is 1. The summed E-state index contributed by atoms with van der Waals surface area (Å²) < 4.78 is 1.77. The molecule has 0 unspecified atom stereocenters. The number of amides is 1. The standard InChI is InChI=1S/C23H29ClN6O/c1-15(2)14-16(3)25-23(31)18-10-12-29(13-11-18)21-9-8-20-26-27-22(30(20)28-21)17-4-6-19(24)7-5-17/h4-9,15-16,18H,10-14H2,1-3H3,(H,25,31)/t16-/m0/s1. The monoisotopic (exact) mass is 440 g/mol. The van der Waals surface area contributed by atoms with Crippen molar-refractivity contribution < 1.29 is 4.79 Å². The third-order valence-electron chi connectivity index (χ3n) is 5.75. The topological polar surface area (TPSA) is 75.4 Å². The minimum absolute atomic E-state index is 0.0640. The van der Waals surface area contributed by atoms with Gasteiger partial charge in [-0.25, -0.2) is 0 Å². The van der Waals surface area contributed by atoms with E-state index in [4.69, 9.17) is 16.7 Å². The summed E-state index contributed by atoms with van der Waals surface area (Å²) in [7, 11) is 0. The maximum absolute atomic E-state index is 12.6. The first kappa shape index (κ1) is 21.6. The average molecular weight is 441 g/mol. The van der Waals surface area contributed by atoms with Gasteiger partial charge in [-0.05, 0) is 68.5 Å². The summed E-state index contributed by atoms with van der Waals surface area (Å²) in [5.41, 5.74) is 1.61. The van der Waals surface area contributed by atoms with Crippen molar-refractivity contribution in [2.45, 2.75) is 46.1 Å². The number of carbonyl (C=O) groups excluding carboxylic acids is 1. The molecule has 164 valence electrons. The first-order valence-electron chi connectivity index (χ1n) is 10.9. The second-order valence-electron chi connectivity index (χ2n) is 8.79. The lowest BCUT2D eigenvalue weighted by molar-refractivity contribution is -0.126. The summed E-state index contributed by atoms with van der Waals surface area (Å²) in [6.45, 7) is 8.04. The summed E-state index contributed by atoms with van der Waals surface area (Å²) in [5.74, 6) is 2.37. The van der Waals surface area contributed by atoms with Crippen molar-refractivity contribution in [3.63, 3.8) is 0 Å². The van der Waals surface area contributed by atoms with Crippen molar-refractivity contribution in [2.24, 2.45) is 11.8 Å². The van der Waals surface area contributed by atoms with Crippen LogP contribution in [-0.4, -0.2) is 44.8 Å². The number of anilines is 1. The number of nitrogens with zero attached hydrogens (tertiary/aromatic N) is 5. The molecule has 0 aliphatic carbocycles. The second kappa shape index (κ2) is 9.22. The molecule has 8 heteroatoms. The number of halogens is 1. The Morgan fingerprint density at radius 3 is 2.48 bits per heavy atom. The normalized spacial score (nSPS) is 16.1. The van der Waals surface area contributed by atoms with E-state index < -0.39 is 0 Å². The molecule has 1 saturated heterocycles. The van der Waals surface area contributed by atoms with Gasteiger partial charge in [-0.2, -0.15) is 4.52 Å². The molecule has 2 aromatic heterocycles. The molecule has 0 bridgehead atoms. The Bertz CT molecular complexity index is 1040. The van der Waals surface area contributed by atoms with Gasteiger partial charge in [0.05, 0.1) is 0 Å². The Labute approximate surface area is 187 Å². The molecule has 3 heterocycles. The van der Waals surface area contributed by atoms with Crippen molar-refractivity contribution in [1.82, 2.24) is 25.1 Å². The molecule has 31 heavy (non-hydrogen) atoms. The summed E-state index contributed by atoms with van der Waals surface area (Å²) in [6.07, 6.45) is 2.65. The van der Waals surface area contributed by atoms with Gasteiger partial charge < -0.3 is 10.2 Å². The lowest BCUT2D eigenvalue weighted by Crippen LogP contribution is -2.43. The minimum atomic E-state index is 0.0640. The van der Waals surface area contributed by atoms with Crippen LogP contribution in [0.25, 0.3) is 17.0 Å². The van der Waals surface area contributed by atoms with Crippen LogP contribution in [0.3, 0.4) is 0 Å². The maximum Gasteiger partial charge on any atom is 0.223 e. The van der Waals surface area contributed by atoms with Gasteiger partial charge in [0.2, 0.25) is 5.91 Å². The van der Waals surface area contributed by atoms with Crippen LogP contribution in [0.15, 0.2) is 36.4 Å². The summed E-state index contributed by atoms with van der Waals surface area (Å²) in [5, 5.41) is 17.2. The van der Waals surface area contributed by atoms with Crippen LogP contribution in [0.2, 0.25) is 5.02 Å². The molecule has 3 aromatic rings. The van der Waals surface area contributed by atoms with Crippen LogP contribution >= 0.6 is 11.6 Å². The Morgan fingerprint density at radius 2 is 1.81 bits per heavy atom. The van der Waals surface area contributed by atoms with E-state index in [2.05, 4.69) is 41.2 Å². The molecular weight excluding hydrogens is 412 g/mol. The molecular formula is C23H29ClN6O. The quantitative estimate of drug-likeness (QED) is 0.621. The molecule has 1 aromatic carbocycles. The largest absolute Gasteiger partial charge is 0.355 e. The fourth-order valence-corrected chi connectivity index (χ4v) is 4.35. The second-order valence-corrected chi connectivity index (χ2v) is 9.23. The van der Waals surface area contributed by atoms with Gasteiger partial charge in [0, 0.05) is 35.6 Å². The van der Waals surface area contributed by atoms with Gasteiger partial charge in [0.25, 0.3) is 0 Å². The van der Waals surface area contributed by atoms with Crippen LogP contribution in [-0.2, 0) is 4.79 Å². The molecule has 0 radical (unpaired) electrons. The third kappa shape index (κ3) is 4.98. The van der Waals surface area contributed by atoms with E-state index in [1.54, 1.807) is 4.52 Å². The van der Waals surface area contributed by atoms with E-state index in [-0.39, 0.29) is 17.9 Å². The van der Waals surface area contributed by atoms with Crippen LogP contribution in [0, 0.1) is 11.8 Å². The van der Waals surface area contributed by atoms with Crippen LogP contribution in [0.1, 0.15) is 40.0 Å². The van der Waals surface area contributed by atoms with E-state index in [1.807, 2.05) is 36.4 Å². The average Bonchev–Trinajstić information content (AvgIpc) is 3.17. The minimum Gasteiger partial charge on any atom is -0.355 e. The van der Waals surface area contributed by atoms with Crippen molar-refractivity contribution in [2.75, 3.05) is 18.0 Å². The van der Waals surface area contributed by atoms with Gasteiger partial charge in [-0.15, -0.1) is 15.3 Å². The van der Waals surface area contributed by atoms with Crippen molar-refractivity contribution in [3.05, 3.63) is 41.4 Å². The maximum atomic E-state index is 12.6. The SMILES string of the molecule is CC(C)C[C@H](C)NC(=O)C1CCN(c2ccc3nnc(-c4ccc(Cl)cc4)n3n2)CC1. The number of piperidine rings is 1. The van der Waals surface area contributed by atoms with Gasteiger partial charge in [-0.1, -0.05) is 25.4 Å². The number of hydrogen-bond donors (Lipinski definition) is 1. The number of rotatable bonds is 6. The van der Waals surface area contributed by atoms with Gasteiger partial charge in [0.1, 0.15) is 5.82 Å². The smallest absolute Gasteiger partial charge is 0.223 e. The van der Waals surface area contributed by atoms with Crippen LogP contribution in [0.5, 0.6) is 0 Å². The molecule has 1 fully saturated rings. The molecule has 1 amide bonds. The Balaban J connectivity index is 1.44. The molecule has 1 aliphatic rings. The molecule has 0 saturated carbocycles. The lowest BCUT2D eigenvalue weighted by Gasteiger charge is -2.32. The van der Waals surface area contributed by atoms with Crippen molar-refractivity contribution in [3.8, 4) is 11.4 Å². The molecule has 1 atom stereocenters. The third-order valence-corrected chi connectivity index (χ3v) is 6.01. The molecule has 7 nitrogen and oxygen atoms in total. The highest BCUT2D eigenvalue weighted by Crippen LogP contribution is 2.25. The van der Waals surface area contributed by atoms with Gasteiger partial charge in [-0.3, -0.25) is 4.79 Å². The van der Waals surface area contributed by atoms with Gasteiger partial charge >= 0.3 is 0 Å². The Morgan fingerprint density at radius 1 is 1.10 bits per heavy atom. The van der Waals surface area contributed by atoms with Crippen LogP contribution in [0.4, 0.5) is 5.82 Å².